The predicted octanol–water partition coefficient (Wildman–Crippen LogP) is 6.38. The highest BCUT2D eigenvalue weighted by atomic mass is 35.5. The van der Waals surface area contributed by atoms with Gasteiger partial charge in [0.2, 0.25) is 0 Å². The van der Waals surface area contributed by atoms with Crippen LogP contribution in [0.4, 0.5) is 18.9 Å². The first kappa shape index (κ1) is 20.7. The van der Waals surface area contributed by atoms with Crippen molar-refractivity contribution in [2.45, 2.75) is 6.18 Å². The third kappa shape index (κ3) is 4.32. The molecule has 0 aliphatic carbocycles. The van der Waals surface area contributed by atoms with Crippen LogP contribution in [0.3, 0.4) is 0 Å². The molecule has 1 amide bonds. The summed E-state index contributed by atoms with van der Waals surface area (Å²) in [5.41, 5.74) is -0.417. The number of nitrogens with one attached hydrogen (secondary N) is 1. The molecule has 4 nitrogen and oxygen atoms in total. The number of para-hydroxylation sites is 1. The van der Waals surface area contributed by atoms with Crippen molar-refractivity contribution in [2.75, 3.05) is 5.32 Å². The number of carbonyl (C=O) groups is 1. The van der Waals surface area contributed by atoms with Crippen LogP contribution in [-0.4, -0.2) is 5.91 Å². The molecule has 0 radical (unpaired) electrons. The highest BCUT2D eigenvalue weighted by molar-refractivity contribution is 6.34. The average Bonchev–Trinajstić information content (AvgIpc) is 2.74. The van der Waals surface area contributed by atoms with Gasteiger partial charge in [0.15, 0.2) is 0 Å². The van der Waals surface area contributed by atoms with Crippen molar-refractivity contribution in [1.29, 1.82) is 0 Å². The topological polar surface area (TPSA) is 59.3 Å². The Morgan fingerprint density at radius 3 is 2.48 bits per heavy atom. The number of anilines is 1. The molecule has 3 aromatic carbocycles. The van der Waals surface area contributed by atoms with Gasteiger partial charge in [0, 0.05) is 10.9 Å². The number of amides is 1. The van der Waals surface area contributed by atoms with E-state index in [0.717, 1.165) is 18.2 Å². The summed E-state index contributed by atoms with van der Waals surface area (Å²) in [6, 6.07) is 17.4. The Bertz CT molecular complexity index is 1360. The minimum Gasteiger partial charge on any atom is -0.422 e. The second-order valence-electron chi connectivity index (χ2n) is 6.71. The smallest absolute Gasteiger partial charge is 0.416 e. The van der Waals surface area contributed by atoms with E-state index in [0.29, 0.717) is 16.5 Å². The summed E-state index contributed by atoms with van der Waals surface area (Å²) in [7, 11) is 0. The molecule has 0 fully saturated rings. The first-order valence-electron chi connectivity index (χ1n) is 9.04. The molecule has 1 N–H and O–H groups in total. The number of carbonyl (C=O) groups excluding carboxylic acids is 1. The molecule has 0 bridgehead atoms. The summed E-state index contributed by atoms with van der Waals surface area (Å²) >= 11 is 5.95. The molecule has 0 saturated heterocycles. The maximum absolute atomic E-state index is 13.0. The van der Waals surface area contributed by atoms with Gasteiger partial charge in [0.05, 0.1) is 21.8 Å². The Morgan fingerprint density at radius 1 is 0.935 bits per heavy atom. The molecular formula is C23H13ClF3NO3. The summed E-state index contributed by atoms with van der Waals surface area (Å²) in [4.78, 5) is 25.0. The molecule has 1 heterocycles. The fourth-order valence-electron chi connectivity index (χ4n) is 3.08. The van der Waals surface area contributed by atoms with Gasteiger partial charge in [0.1, 0.15) is 5.58 Å². The van der Waals surface area contributed by atoms with Gasteiger partial charge in [-0.05, 0) is 48.0 Å². The van der Waals surface area contributed by atoms with Crippen LogP contribution in [0, 0.1) is 0 Å². The molecule has 0 unspecified atom stereocenters. The minimum absolute atomic E-state index is 0.0346. The number of hydrogen-bond donors (Lipinski definition) is 1. The molecule has 4 rings (SSSR count). The van der Waals surface area contributed by atoms with Crippen LogP contribution in [0.5, 0.6) is 0 Å². The van der Waals surface area contributed by atoms with Crippen molar-refractivity contribution >= 4 is 34.2 Å². The molecule has 0 spiro atoms. The van der Waals surface area contributed by atoms with Crippen molar-refractivity contribution in [3.8, 4) is 11.1 Å². The fraction of sp³-hybridized carbons (Fsp3) is 0.0435. The van der Waals surface area contributed by atoms with Crippen molar-refractivity contribution in [1.82, 2.24) is 0 Å². The highest BCUT2D eigenvalue weighted by Gasteiger charge is 2.31. The van der Waals surface area contributed by atoms with E-state index in [1.54, 1.807) is 42.5 Å². The van der Waals surface area contributed by atoms with E-state index in [2.05, 4.69) is 5.32 Å². The quantitative estimate of drug-likeness (QED) is 0.373. The van der Waals surface area contributed by atoms with Crippen LogP contribution in [0.25, 0.3) is 22.1 Å². The van der Waals surface area contributed by atoms with Crippen LogP contribution < -0.4 is 10.9 Å². The van der Waals surface area contributed by atoms with Crippen LogP contribution in [0.1, 0.15) is 15.9 Å². The lowest BCUT2D eigenvalue weighted by Crippen LogP contribution is -2.14. The van der Waals surface area contributed by atoms with E-state index < -0.39 is 23.3 Å². The lowest BCUT2D eigenvalue weighted by Gasteiger charge is -2.12. The molecule has 4 aromatic rings. The van der Waals surface area contributed by atoms with E-state index >= 15 is 0 Å². The van der Waals surface area contributed by atoms with E-state index in [9.17, 15) is 22.8 Å². The third-order valence-corrected chi connectivity index (χ3v) is 4.95. The Kier molecular flexibility index (Phi) is 5.29. The van der Waals surface area contributed by atoms with Gasteiger partial charge in [-0.2, -0.15) is 13.2 Å². The van der Waals surface area contributed by atoms with Gasteiger partial charge < -0.3 is 9.73 Å². The highest BCUT2D eigenvalue weighted by Crippen LogP contribution is 2.34. The molecular weight excluding hydrogens is 431 g/mol. The SMILES string of the molecule is O=C(Nc1cc(C(F)(F)F)ccc1Cl)c1cccc(-c2cc3ccccc3oc2=O)c1. The Labute approximate surface area is 178 Å². The number of halogens is 4. The Hall–Kier alpha value is -3.58. The normalized spacial score (nSPS) is 11.5. The Morgan fingerprint density at radius 2 is 1.71 bits per heavy atom. The lowest BCUT2D eigenvalue weighted by atomic mass is 10.0. The number of rotatable bonds is 3. The largest absolute Gasteiger partial charge is 0.422 e. The zero-order valence-electron chi connectivity index (χ0n) is 15.7. The predicted molar refractivity (Wildman–Crippen MR) is 112 cm³/mol. The molecule has 156 valence electrons. The van der Waals surface area contributed by atoms with E-state index in [1.165, 1.54) is 12.1 Å². The first-order chi connectivity index (χ1) is 14.7. The molecule has 8 heteroatoms. The fourth-order valence-corrected chi connectivity index (χ4v) is 3.25. The molecule has 0 aliphatic rings. The van der Waals surface area contributed by atoms with Gasteiger partial charge >= 0.3 is 11.8 Å². The standard InChI is InChI=1S/C23H13ClF3NO3/c24-18-9-8-16(23(25,26)27)12-19(18)28-21(29)15-6-3-5-13(10-15)17-11-14-4-1-2-7-20(14)31-22(17)30/h1-12H,(H,28,29). The zero-order chi connectivity index (χ0) is 22.2. The van der Waals surface area contributed by atoms with Gasteiger partial charge in [-0.25, -0.2) is 4.79 Å². The minimum atomic E-state index is -4.58. The number of hydrogen-bond acceptors (Lipinski definition) is 3. The maximum atomic E-state index is 13.0. The van der Waals surface area contributed by atoms with Gasteiger partial charge in [-0.1, -0.05) is 41.9 Å². The third-order valence-electron chi connectivity index (χ3n) is 4.62. The Balaban J connectivity index is 1.67. The number of fused-ring (bicyclic) bond motifs is 1. The van der Waals surface area contributed by atoms with Crippen LogP contribution >= 0.6 is 11.6 Å². The summed E-state index contributed by atoms with van der Waals surface area (Å²) in [6.07, 6.45) is -4.58. The maximum Gasteiger partial charge on any atom is 0.416 e. The van der Waals surface area contributed by atoms with Crippen molar-refractivity contribution in [3.05, 3.63) is 99.4 Å². The van der Waals surface area contributed by atoms with Gasteiger partial charge in [-0.3, -0.25) is 4.79 Å². The summed E-state index contributed by atoms with van der Waals surface area (Å²) < 4.78 is 44.2. The lowest BCUT2D eigenvalue weighted by molar-refractivity contribution is -0.137. The van der Waals surface area contributed by atoms with Crippen molar-refractivity contribution in [3.63, 3.8) is 0 Å². The molecule has 1 aromatic heterocycles. The molecule has 0 aliphatic heterocycles. The van der Waals surface area contributed by atoms with Crippen LogP contribution in [0.15, 0.2) is 82.0 Å². The molecule has 0 saturated carbocycles. The van der Waals surface area contributed by atoms with Crippen molar-refractivity contribution < 1.29 is 22.4 Å². The summed E-state index contributed by atoms with van der Waals surface area (Å²) in [6.45, 7) is 0. The second-order valence-corrected chi connectivity index (χ2v) is 7.12. The van der Waals surface area contributed by atoms with E-state index in [4.69, 9.17) is 16.0 Å². The van der Waals surface area contributed by atoms with Gasteiger partial charge in [0.25, 0.3) is 5.91 Å². The molecule has 0 atom stereocenters. The average molecular weight is 444 g/mol. The molecule has 31 heavy (non-hydrogen) atoms. The van der Waals surface area contributed by atoms with Crippen molar-refractivity contribution in [2.24, 2.45) is 0 Å². The van der Waals surface area contributed by atoms with E-state index in [-0.39, 0.29) is 21.8 Å². The summed E-state index contributed by atoms with van der Waals surface area (Å²) in [5, 5.41) is 3.07. The number of alkyl halides is 3. The second kappa shape index (κ2) is 7.92. The van der Waals surface area contributed by atoms with Gasteiger partial charge in [-0.15, -0.1) is 0 Å². The summed E-state index contributed by atoms with van der Waals surface area (Å²) in [5.74, 6) is -0.673. The van der Waals surface area contributed by atoms with E-state index in [1.807, 2.05) is 0 Å². The van der Waals surface area contributed by atoms with Crippen LogP contribution in [-0.2, 0) is 6.18 Å². The zero-order valence-corrected chi connectivity index (χ0v) is 16.4. The first-order valence-corrected chi connectivity index (χ1v) is 9.41. The van der Waals surface area contributed by atoms with Crippen LogP contribution in [0.2, 0.25) is 5.02 Å². The number of benzene rings is 3. The monoisotopic (exact) mass is 443 g/mol.